The van der Waals surface area contributed by atoms with Crippen LogP contribution in [0.4, 0.5) is 0 Å². The van der Waals surface area contributed by atoms with Gasteiger partial charge in [-0.3, -0.25) is 4.79 Å². The summed E-state index contributed by atoms with van der Waals surface area (Å²) < 4.78 is 34.0. The molecule has 200 valence electrons. The van der Waals surface area contributed by atoms with Crippen molar-refractivity contribution < 1.29 is 22.7 Å². The highest BCUT2D eigenvalue weighted by Crippen LogP contribution is 2.35. The Kier molecular flexibility index (Phi) is 7.07. The SMILES string of the molecule is COC(=O)c1nnc(C(=O)N(C)CC#Cc2ccccc2)c2c3ccccc3n(S(=O)(=O)c3ccc(C)cc3)c12. The highest BCUT2D eigenvalue weighted by Gasteiger charge is 2.32. The van der Waals surface area contributed by atoms with Crippen molar-refractivity contribution in [1.29, 1.82) is 0 Å². The Morgan fingerprint density at radius 2 is 1.57 bits per heavy atom. The molecule has 1 amide bonds. The predicted octanol–water partition coefficient (Wildman–Crippen LogP) is 4.04. The molecule has 0 N–H and O–H groups in total. The Bertz CT molecular complexity index is 1940. The van der Waals surface area contributed by atoms with Crippen molar-refractivity contribution in [3.8, 4) is 11.8 Å². The number of esters is 1. The lowest BCUT2D eigenvalue weighted by Crippen LogP contribution is -2.29. The Hall–Kier alpha value is -5.01. The summed E-state index contributed by atoms with van der Waals surface area (Å²) in [6, 6.07) is 22.4. The first-order valence-corrected chi connectivity index (χ1v) is 13.7. The molecular formula is C30H24N4O5S. The number of aryl methyl sites for hydroxylation is 1. The number of ether oxygens (including phenoxy) is 1. The third-order valence-electron chi connectivity index (χ3n) is 6.35. The number of carbonyl (C=O) groups excluding carboxylic acids is 2. The van der Waals surface area contributed by atoms with Gasteiger partial charge in [-0.1, -0.05) is 65.9 Å². The number of nitrogens with zero attached hydrogens (tertiary/aromatic N) is 4. The molecule has 0 aliphatic heterocycles. The maximum atomic E-state index is 14.0. The molecule has 5 aromatic rings. The molecule has 0 fully saturated rings. The van der Waals surface area contributed by atoms with Gasteiger partial charge in [-0.2, -0.15) is 0 Å². The lowest BCUT2D eigenvalue weighted by Gasteiger charge is -2.15. The molecule has 3 aromatic carbocycles. The van der Waals surface area contributed by atoms with Crippen LogP contribution in [0.25, 0.3) is 21.8 Å². The fourth-order valence-electron chi connectivity index (χ4n) is 4.35. The minimum absolute atomic E-state index is 0.00885. The molecule has 2 heterocycles. The lowest BCUT2D eigenvalue weighted by molar-refractivity contribution is 0.0593. The van der Waals surface area contributed by atoms with Crippen LogP contribution in [0.3, 0.4) is 0 Å². The van der Waals surface area contributed by atoms with Crippen molar-refractivity contribution >= 4 is 43.7 Å². The van der Waals surface area contributed by atoms with E-state index in [1.807, 2.05) is 37.3 Å². The van der Waals surface area contributed by atoms with Crippen LogP contribution in [0.2, 0.25) is 0 Å². The molecule has 0 aliphatic rings. The van der Waals surface area contributed by atoms with Crippen molar-refractivity contribution in [1.82, 2.24) is 19.1 Å². The topological polar surface area (TPSA) is 111 Å². The van der Waals surface area contributed by atoms with E-state index in [-0.39, 0.29) is 39.2 Å². The van der Waals surface area contributed by atoms with Crippen molar-refractivity contribution in [2.45, 2.75) is 11.8 Å². The monoisotopic (exact) mass is 552 g/mol. The Balaban J connectivity index is 1.73. The van der Waals surface area contributed by atoms with Crippen LogP contribution in [0, 0.1) is 18.8 Å². The number of hydrogen-bond acceptors (Lipinski definition) is 7. The van der Waals surface area contributed by atoms with E-state index in [9.17, 15) is 18.0 Å². The number of hydrogen-bond donors (Lipinski definition) is 0. The number of fused-ring (bicyclic) bond motifs is 3. The van der Waals surface area contributed by atoms with Gasteiger partial charge < -0.3 is 9.64 Å². The van der Waals surface area contributed by atoms with Gasteiger partial charge in [0.25, 0.3) is 15.9 Å². The van der Waals surface area contributed by atoms with E-state index in [0.29, 0.717) is 5.39 Å². The molecule has 0 radical (unpaired) electrons. The first kappa shape index (κ1) is 26.6. The van der Waals surface area contributed by atoms with Crippen LogP contribution >= 0.6 is 0 Å². The Labute approximate surface area is 231 Å². The molecule has 10 heteroatoms. The lowest BCUT2D eigenvalue weighted by atomic mass is 10.1. The molecule has 5 rings (SSSR count). The average Bonchev–Trinajstić information content (AvgIpc) is 3.33. The molecule has 0 unspecified atom stereocenters. The summed E-state index contributed by atoms with van der Waals surface area (Å²) in [5, 5.41) is 8.68. The fourth-order valence-corrected chi connectivity index (χ4v) is 5.87. The normalized spacial score (nSPS) is 11.2. The second kappa shape index (κ2) is 10.6. The minimum atomic E-state index is -4.24. The zero-order valence-corrected chi connectivity index (χ0v) is 22.8. The second-order valence-corrected chi connectivity index (χ2v) is 10.8. The van der Waals surface area contributed by atoms with Crippen molar-refractivity contribution in [3.05, 3.63) is 101 Å². The number of para-hydroxylation sites is 1. The molecule has 0 bridgehead atoms. The Morgan fingerprint density at radius 1 is 0.925 bits per heavy atom. The standard InChI is InChI=1S/C30H24N4O5S/c1-20-15-17-22(18-16-20)40(37,38)34-24-14-8-7-13-23(24)25-26(31-32-27(28(25)34)30(36)39-3)29(35)33(2)19-9-12-21-10-5-4-6-11-21/h4-8,10-11,13-18H,19H2,1-3H3. The van der Waals surface area contributed by atoms with Gasteiger partial charge in [0.15, 0.2) is 11.4 Å². The number of methoxy groups -OCH3 is 1. The summed E-state index contributed by atoms with van der Waals surface area (Å²) in [5.41, 5.74) is 1.42. The van der Waals surface area contributed by atoms with Crippen molar-refractivity contribution in [3.63, 3.8) is 0 Å². The van der Waals surface area contributed by atoms with E-state index in [4.69, 9.17) is 4.74 Å². The van der Waals surface area contributed by atoms with E-state index < -0.39 is 21.9 Å². The van der Waals surface area contributed by atoms with E-state index >= 15 is 0 Å². The van der Waals surface area contributed by atoms with Gasteiger partial charge in [0.05, 0.1) is 24.1 Å². The molecule has 0 spiro atoms. The minimum Gasteiger partial charge on any atom is -0.464 e. The van der Waals surface area contributed by atoms with Gasteiger partial charge in [-0.25, -0.2) is 17.2 Å². The van der Waals surface area contributed by atoms with Crippen molar-refractivity contribution in [2.75, 3.05) is 20.7 Å². The summed E-state index contributed by atoms with van der Waals surface area (Å²) in [7, 11) is -1.52. The van der Waals surface area contributed by atoms with Gasteiger partial charge in [-0.15, -0.1) is 10.2 Å². The summed E-state index contributed by atoms with van der Waals surface area (Å²) in [5.74, 6) is 4.54. The van der Waals surface area contributed by atoms with Crippen LogP contribution < -0.4 is 0 Å². The van der Waals surface area contributed by atoms with Crippen molar-refractivity contribution in [2.24, 2.45) is 0 Å². The zero-order valence-electron chi connectivity index (χ0n) is 22.0. The van der Waals surface area contributed by atoms with E-state index in [1.165, 1.54) is 17.0 Å². The molecule has 0 aliphatic carbocycles. The summed E-state index contributed by atoms with van der Waals surface area (Å²) >= 11 is 0. The Morgan fingerprint density at radius 3 is 2.27 bits per heavy atom. The van der Waals surface area contributed by atoms with Gasteiger partial charge in [0.1, 0.15) is 5.52 Å². The number of aromatic nitrogens is 3. The van der Waals surface area contributed by atoms with E-state index in [1.54, 1.807) is 43.4 Å². The van der Waals surface area contributed by atoms with Crippen LogP contribution in [-0.2, 0) is 14.8 Å². The molecule has 0 saturated carbocycles. The van der Waals surface area contributed by atoms with Crippen LogP contribution in [-0.4, -0.2) is 60.1 Å². The summed E-state index contributed by atoms with van der Waals surface area (Å²) in [6.07, 6.45) is 0. The van der Waals surface area contributed by atoms with E-state index in [0.717, 1.165) is 22.2 Å². The fraction of sp³-hybridized carbons (Fsp3) is 0.133. The number of carbonyl (C=O) groups is 2. The molecule has 0 atom stereocenters. The van der Waals surface area contributed by atoms with Crippen LogP contribution in [0.5, 0.6) is 0 Å². The molecular weight excluding hydrogens is 528 g/mol. The van der Waals surface area contributed by atoms with Gasteiger partial charge >= 0.3 is 5.97 Å². The summed E-state index contributed by atoms with van der Waals surface area (Å²) in [4.78, 5) is 27.8. The maximum Gasteiger partial charge on any atom is 0.360 e. The smallest absolute Gasteiger partial charge is 0.360 e. The predicted molar refractivity (Wildman–Crippen MR) is 150 cm³/mol. The first-order chi connectivity index (χ1) is 19.2. The zero-order chi connectivity index (χ0) is 28.4. The third-order valence-corrected chi connectivity index (χ3v) is 8.08. The van der Waals surface area contributed by atoms with Gasteiger partial charge in [0.2, 0.25) is 0 Å². The number of benzene rings is 3. The molecule has 9 nitrogen and oxygen atoms in total. The number of rotatable bonds is 5. The molecule has 0 saturated heterocycles. The highest BCUT2D eigenvalue weighted by molar-refractivity contribution is 7.90. The first-order valence-electron chi connectivity index (χ1n) is 12.2. The average molecular weight is 553 g/mol. The highest BCUT2D eigenvalue weighted by atomic mass is 32.2. The van der Waals surface area contributed by atoms with Gasteiger partial charge in [0, 0.05) is 23.4 Å². The number of amides is 1. The quantitative estimate of drug-likeness (QED) is 0.239. The third kappa shape index (κ3) is 4.67. The van der Waals surface area contributed by atoms with E-state index in [2.05, 4.69) is 22.0 Å². The second-order valence-electron chi connectivity index (χ2n) is 9.04. The largest absolute Gasteiger partial charge is 0.464 e. The summed E-state index contributed by atoms with van der Waals surface area (Å²) in [6.45, 7) is 1.93. The molecule has 40 heavy (non-hydrogen) atoms. The molecule has 2 aromatic heterocycles. The maximum absolute atomic E-state index is 14.0. The van der Waals surface area contributed by atoms with Crippen LogP contribution in [0.15, 0.2) is 83.8 Å². The van der Waals surface area contributed by atoms with Crippen LogP contribution in [0.1, 0.15) is 32.1 Å². The van der Waals surface area contributed by atoms with Gasteiger partial charge in [-0.05, 0) is 37.3 Å².